The van der Waals surface area contributed by atoms with E-state index in [0.29, 0.717) is 27.4 Å². The summed E-state index contributed by atoms with van der Waals surface area (Å²) in [4.78, 5) is 17.6. The minimum absolute atomic E-state index is 0.207. The maximum atomic E-state index is 12.8. The molecule has 8 heteroatoms. The molecule has 3 heterocycles. The first-order valence-electron chi connectivity index (χ1n) is 8.90. The van der Waals surface area contributed by atoms with E-state index in [1.54, 1.807) is 5.01 Å². The van der Waals surface area contributed by atoms with Crippen LogP contribution in [0.15, 0.2) is 75.2 Å². The van der Waals surface area contributed by atoms with E-state index in [-0.39, 0.29) is 5.91 Å². The van der Waals surface area contributed by atoms with E-state index in [1.807, 2.05) is 66.9 Å². The highest BCUT2D eigenvalue weighted by Gasteiger charge is 2.35. The number of carbonyl (C=O) groups excluding carboxylic acids is 1. The van der Waals surface area contributed by atoms with E-state index in [2.05, 4.69) is 10.4 Å². The number of amidine groups is 1. The normalized spacial score (nSPS) is 17.8. The summed E-state index contributed by atoms with van der Waals surface area (Å²) in [5.41, 5.74) is 1.37. The van der Waals surface area contributed by atoms with Gasteiger partial charge in [0.15, 0.2) is 10.9 Å². The van der Waals surface area contributed by atoms with Gasteiger partial charge in [0, 0.05) is 15.8 Å². The molecule has 2 aliphatic heterocycles. The lowest BCUT2D eigenvalue weighted by Crippen LogP contribution is -2.50. The summed E-state index contributed by atoms with van der Waals surface area (Å²) < 4.78 is 6.12. The van der Waals surface area contributed by atoms with Crippen LogP contribution in [0, 0.1) is 0 Å². The van der Waals surface area contributed by atoms with Gasteiger partial charge in [-0.1, -0.05) is 41.6 Å². The van der Waals surface area contributed by atoms with Gasteiger partial charge in [-0.2, -0.15) is 0 Å². The summed E-state index contributed by atoms with van der Waals surface area (Å²) in [5.74, 6) is 1.09. The molecule has 2 aromatic carbocycles. The van der Waals surface area contributed by atoms with Crippen molar-refractivity contribution in [3.63, 3.8) is 0 Å². The summed E-state index contributed by atoms with van der Waals surface area (Å²) in [6.45, 7) is 0. The second-order valence-corrected chi connectivity index (χ2v) is 7.72. The first-order valence-corrected chi connectivity index (χ1v) is 10.5. The van der Waals surface area contributed by atoms with Crippen molar-refractivity contribution < 1.29 is 9.21 Å². The Hall–Kier alpha value is -3.03. The summed E-state index contributed by atoms with van der Waals surface area (Å²) in [5, 5.41) is 11.7. The summed E-state index contributed by atoms with van der Waals surface area (Å²) >= 11 is 7.35. The van der Waals surface area contributed by atoms with Crippen molar-refractivity contribution in [2.75, 3.05) is 6.26 Å². The van der Waals surface area contributed by atoms with Crippen LogP contribution in [0.5, 0.6) is 0 Å². The molecule has 0 unspecified atom stereocenters. The van der Waals surface area contributed by atoms with Crippen LogP contribution in [0.25, 0.3) is 17.0 Å². The number of furan rings is 1. The third-order valence-electron chi connectivity index (χ3n) is 4.72. The average molecular weight is 423 g/mol. The largest absolute Gasteiger partial charge is 0.457 e. The fraction of sp³-hybridized carbons (Fsp3) is 0.0952. The topological polar surface area (TPSA) is 70.2 Å². The van der Waals surface area contributed by atoms with Gasteiger partial charge in [0.2, 0.25) is 6.17 Å². The van der Waals surface area contributed by atoms with Gasteiger partial charge < -0.3 is 4.42 Å². The molecule has 0 bridgehead atoms. The predicted octanol–water partition coefficient (Wildman–Crippen LogP) is 3.11. The monoisotopic (exact) mass is 422 g/mol. The molecule has 0 fully saturated rings. The summed E-state index contributed by atoms with van der Waals surface area (Å²) in [6.07, 6.45) is 1.29. The molecular weight excluding hydrogens is 408 g/mol. The number of halogens is 1. The minimum atomic E-state index is -0.575. The first kappa shape index (κ1) is 18.0. The van der Waals surface area contributed by atoms with E-state index < -0.39 is 6.17 Å². The fourth-order valence-electron chi connectivity index (χ4n) is 3.37. The lowest BCUT2D eigenvalue weighted by Gasteiger charge is -2.32. The highest BCUT2D eigenvalue weighted by molar-refractivity contribution is 8.13. The van der Waals surface area contributed by atoms with E-state index in [0.717, 1.165) is 16.1 Å². The van der Waals surface area contributed by atoms with Gasteiger partial charge >= 0.3 is 0 Å². The van der Waals surface area contributed by atoms with Gasteiger partial charge in [-0.05, 0) is 48.7 Å². The van der Waals surface area contributed by atoms with Crippen LogP contribution in [0.2, 0.25) is 5.02 Å². The highest BCUT2D eigenvalue weighted by Crippen LogP contribution is 2.34. The first-order chi connectivity index (χ1) is 14.1. The zero-order valence-electron chi connectivity index (χ0n) is 15.3. The number of para-hydroxylation sites is 1. The second kappa shape index (κ2) is 7.09. The third-order valence-corrected chi connectivity index (χ3v) is 5.54. The van der Waals surface area contributed by atoms with Crippen LogP contribution in [0.4, 0.5) is 0 Å². The van der Waals surface area contributed by atoms with E-state index in [1.165, 1.54) is 11.8 Å². The molecule has 0 radical (unpaired) electrons. The molecule has 144 valence electrons. The van der Waals surface area contributed by atoms with Gasteiger partial charge in [-0.15, -0.1) is 5.10 Å². The SMILES string of the molecule is CSC1=NN2C(=c3ccccc3=N[C@H]2c2ccc(-c3ccc(Cl)cc3)o2)C(=O)N1. The van der Waals surface area contributed by atoms with E-state index in [9.17, 15) is 4.79 Å². The molecular formula is C21H15ClN4O2S. The number of nitrogens with zero attached hydrogens (tertiary/aromatic N) is 3. The number of hydrogen-bond donors (Lipinski definition) is 1. The zero-order chi connectivity index (χ0) is 20.0. The number of hydrogen-bond acceptors (Lipinski definition) is 6. The van der Waals surface area contributed by atoms with Crippen LogP contribution in [-0.2, 0) is 4.79 Å². The molecule has 0 aliphatic carbocycles. The number of thioether (sulfide) groups is 1. The third kappa shape index (κ3) is 3.12. The van der Waals surface area contributed by atoms with Crippen molar-refractivity contribution in [3.05, 3.63) is 82.0 Å². The highest BCUT2D eigenvalue weighted by atomic mass is 35.5. The molecule has 0 spiro atoms. The number of rotatable bonds is 2. The Kier molecular flexibility index (Phi) is 4.41. The quantitative estimate of drug-likeness (QED) is 0.689. The van der Waals surface area contributed by atoms with Crippen LogP contribution < -0.4 is 15.9 Å². The number of carbonyl (C=O) groups is 1. The predicted molar refractivity (Wildman–Crippen MR) is 113 cm³/mol. The van der Waals surface area contributed by atoms with Crippen molar-refractivity contribution in [1.29, 1.82) is 0 Å². The van der Waals surface area contributed by atoms with Crippen LogP contribution >= 0.6 is 23.4 Å². The Bertz CT molecular complexity index is 1270. The van der Waals surface area contributed by atoms with Crippen molar-refractivity contribution in [2.45, 2.75) is 6.17 Å². The van der Waals surface area contributed by atoms with Crippen molar-refractivity contribution in [2.24, 2.45) is 10.1 Å². The number of amides is 1. The number of benzene rings is 2. The van der Waals surface area contributed by atoms with E-state index in [4.69, 9.17) is 21.0 Å². The lowest BCUT2D eigenvalue weighted by molar-refractivity contribution is -0.116. The molecule has 1 amide bonds. The van der Waals surface area contributed by atoms with E-state index >= 15 is 0 Å². The standard InChI is InChI=1S/C21H15ClN4O2S/c1-29-21-24-20(27)18-14-4-2-3-5-15(14)23-19(26(18)25-21)17-11-10-16(28-17)12-6-8-13(22)9-7-12/h2-11,19H,1H3,(H,24,25,27)/t19-/m1/s1. The number of hydrazone groups is 1. The van der Waals surface area contributed by atoms with Crippen molar-refractivity contribution in [3.8, 4) is 11.3 Å². The Morgan fingerprint density at radius 2 is 1.90 bits per heavy atom. The average Bonchev–Trinajstić information content (AvgIpc) is 3.23. The van der Waals surface area contributed by atoms with Gasteiger partial charge in [-0.3, -0.25) is 10.1 Å². The Morgan fingerprint density at radius 3 is 2.69 bits per heavy atom. The van der Waals surface area contributed by atoms with Crippen molar-refractivity contribution >= 4 is 40.1 Å². The Labute approximate surface area is 175 Å². The summed E-state index contributed by atoms with van der Waals surface area (Å²) in [6, 6.07) is 18.7. The Balaban J connectivity index is 1.65. The van der Waals surface area contributed by atoms with Gasteiger partial charge in [0.05, 0.1) is 5.36 Å². The zero-order valence-corrected chi connectivity index (χ0v) is 16.9. The van der Waals surface area contributed by atoms with Crippen LogP contribution in [0.3, 0.4) is 0 Å². The molecule has 6 nitrogen and oxygen atoms in total. The molecule has 2 aliphatic rings. The molecule has 1 aromatic heterocycles. The number of fused-ring (bicyclic) bond motifs is 2. The van der Waals surface area contributed by atoms with Crippen LogP contribution in [-0.4, -0.2) is 22.3 Å². The minimum Gasteiger partial charge on any atom is -0.457 e. The van der Waals surface area contributed by atoms with Gasteiger partial charge in [0.1, 0.15) is 11.5 Å². The lowest BCUT2D eigenvalue weighted by atomic mass is 10.1. The number of nitrogens with one attached hydrogen (secondary N) is 1. The molecule has 1 atom stereocenters. The second-order valence-electron chi connectivity index (χ2n) is 6.49. The molecule has 29 heavy (non-hydrogen) atoms. The summed E-state index contributed by atoms with van der Waals surface area (Å²) in [7, 11) is 0. The molecule has 0 saturated carbocycles. The Morgan fingerprint density at radius 1 is 1.10 bits per heavy atom. The molecule has 0 saturated heterocycles. The van der Waals surface area contributed by atoms with Gasteiger partial charge in [0.25, 0.3) is 5.91 Å². The fourth-order valence-corrected chi connectivity index (χ4v) is 3.86. The van der Waals surface area contributed by atoms with Gasteiger partial charge in [-0.25, -0.2) is 10.0 Å². The van der Waals surface area contributed by atoms with Crippen LogP contribution in [0.1, 0.15) is 11.9 Å². The molecule has 5 rings (SSSR count). The molecule has 1 N–H and O–H groups in total. The smallest absolute Gasteiger partial charge is 0.276 e. The molecule has 3 aromatic rings. The van der Waals surface area contributed by atoms with Crippen molar-refractivity contribution in [1.82, 2.24) is 10.3 Å². The maximum Gasteiger partial charge on any atom is 0.276 e. The maximum absolute atomic E-state index is 12.8.